The van der Waals surface area contributed by atoms with Gasteiger partial charge in [-0.2, -0.15) is 0 Å². The molecule has 1 amide bonds. The molecule has 134 valence electrons. The molecule has 1 aliphatic rings. The fourth-order valence-electron chi connectivity index (χ4n) is 3.37. The van der Waals surface area contributed by atoms with Gasteiger partial charge in [0.25, 0.3) is 0 Å². The van der Waals surface area contributed by atoms with E-state index >= 15 is 0 Å². The molecule has 5 heteroatoms. The molecule has 0 radical (unpaired) electrons. The predicted molar refractivity (Wildman–Crippen MR) is 105 cm³/mol. The lowest BCUT2D eigenvalue weighted by molar-refractivity contribution is -0.119. The molecular formula is C21H22N2O2S. The zero-order valence-corrected chi connectivity index (χ0v) is 15.9. The van der Waals surface area contributed by atoms with Crippen LogP contribution in [0.3, 0.4) is 0 Å². The fourth-order valence-corrected chi connectivity index (χ4v) is 4.49. The number of nitrogens with two attached hydrogens (primary N) is 1. The summed E-state index contributed by atoms with van der Waals surface area (Å²) >= 11 is 1.65. The number of aryl methyl sites for hydroxylation is 1. The van der Waals surface area contributed by atoms with Crippen molar-refractivity contribution in [1.82, 2.24) is 4.98 Å². The average Bonchev–Trinajstić information content (AvgIpc) is 3.27. The topological polar surface area (TPSA) is 76.2 Å². The van der Waals surface area contributed by atoms with E-state index in [0.717, 1.165) is 43.9 Å². The number of aliphatic hydroxyl groups is 1. The Hall–Kier alpha value is -2.24. The van der Waals surface area contributed by atoms with E-state index in [-0.39, 0.29) is 17.7 Å². The van der Waals surface area contributed by atoms with Crippen molar-refractivity contribution in [2.75, 3.05) is 0 Å². The van der Waals surface area contributed by atoms with Gasteiger partial charge in [0.05, 0.1) is 20.8 Å². The van der Waals surface area contributed by atoms with Crippen LogP contribution in [0, 0.1) is 12.8 Å². The fraction of sp³-hybridized carbons (Fsp3) is 0.333. The number of carbonyl (C=O) groups is 1. The lowest BCUT2D eigenvalue weighted by Crippen LogP contribution is -2.15. The number of nitrogens with zero attached hydrogens (tertiary/aromatic N) is 1. The van der Waals surface area contributed by atoms with Gasteiger partial charge in [-0.1, -0.05) is 18.2 Å². The molecule has 2 atom stereocenters. The molecule has 1 heterocycles. The Morgan fingerprint density at radius 1 is 1.27 bits per heavy atom. The second kappa shape index (κ2) is 5.89. The molecule has 1 saturated carbocycles. The molecule has 4 rings (SSSR count). The van der Waals surface area contributed by atoms with Crippen LogP contribution in [0.1, 0.15) is 42.3 Å². The molecule has 2 unspecified atom stereocenters. The Balaban J connectivity index is 1.73. The summed E-state index contributed by atoms with van der Waals surface area (Å²) in [5, 5.41) is 11.3. The molecule has 1 aliphatic carbocycles. The van der Waals surface area contributed by atoms with Crippen molar-refractivity contribution in [2.24, 2.45) is 11.7 Å². The predicted octanol–water partition coefficient (Wildman–Crippen LogP) is 4.09. The van der Waals surface area contributed by atoms with Gasteiger partial charge >= 0.3 is 0 Å². The third kappa shape index (κ3) is 3.02. The summed E-state index contributed by atoms with van der Waals surface area (Å²) in [6.07, 6.45) is 0.814. The summed E-state index contributed by atoms with van der Waals surface area (Å²) in [5.41, 5.74) is 9.70. The summed E-state index contributed by atoms with van der Waals surface area (Å²) in [6.45, 7) is 5.66. The summed E-state index contributed by atoms with van der Waals surface area (Å²) in [4.78, 5) is 16.1. The lowest BCUT2D eigenvalue weighted by atomic mass is 9.91. The van der Waals surface area contributed by atoms with Crippen molar-refractivity contribution in [3.05, 3.63) is 52.5 Å². The first-order chi connectivity index (χ1) is 12.2. The van der Waals surface area contributed by atoms with Crippen LogP contribution in [0.15, 0.2) is 36.4 Å². The SMILES string of the molecule is Cc1ccc(C(C)(C)O)cc1-c1ccc2sc(C3CC3C(N)=O)nc2c1. The summed E-state index contributed by atoms with van der Waals surface area (Å²) in [7, 11) is 0. The molecule has 3 aromatic rings. The van der Waals surface area contributed by atoms with Gasteiger partial charge in [-0.15, -0.1) is 11.3 Å². The number of aromatic nitrogens is 1. The van der Waals surface area contributed by atoms with Crippen LogP contribution in [0.5, 0.6) is 0 Å². The van der Waals surface area contributed by atoms with Crippen LogP contribution >= 0.6 is 11.3 Å². The average molecular weight is 366 g/mol. The molecular weight excluding hydrogens is 344 g/mol. The van der Waals surface area contributed by atoms with E-state index in [2.05, 4.69) is 25.1 Å². The summed E-state index contributed by atoms with van der Waals surface area (Å²) in [5.74, 6) is -0.0941. The lowest BCUT2D eigenvalue weighted by Gasteiger charge is -2.19. The zero-order valence-electron chi connectivity index (χ0n) is 15.1. The maximum Gasteiger partial charge on any atom is 0.221 e. The minimum atomic E-state index is -0.879. The number of fused-ring (bicyclic) bond motifs is 1. The molecule has 26 heavy (non-hydrogen) atoms. The molecule has 1 fully saturated rings. The van der Waals surface area contributed by atoms with Gasteiger partial charge in [0.15, 0.2) is 0 Å². The van der Waals surface area contributed by atoms with Crippen LogP contribution in [-0.2, 0) is 10.4 Å². The van der Waals surface area contributed by atoms with E-state index in [1.165, 1.54) is 0 Å². The molecule has 0 spiro atoms. The highest BCUT2D eigenvalue weighted by Gasteiger charge is 2.44. The minimum Gasteiger partial charge on any atom is -0.386 e. The van der Waals surface area contributed by atoms with Gasteiger partial charge in [-0.25, -0.2) is 4.98 Å². The van der Waals surface area contributed by atoms with Gasteiger partial charge in [-0.05, 0) is 67.6 Å². The Morgan fingerprint density at radius 3 is 2.69 bits per heavy atom. The van der Waals surface area contributed by atoms with Gasteiger partial charge in [-0.3, -0.25) is 4.79 Å². The van der Waals surface area contributed by atoms with Crippen LogP contribution in [0.25, 0.3) is 21.3 Å². The first kappa shape index (κ1) is 17.2. The standard InChI is InChI=1S/C21H22N2O2S/c1-11-4-6-13(21(2,3)25)9-14(11)12-5-7-18-17(8-12)23-20(26-18)16-10-15(16)19(22)24/h4-9,15-16,25H,10H2,1-3H3,(H2,22,24). The Bertz CT molecular complexity index is 1020. The van der Waals surface area contributed by atoms with E-state index < -0.39 is 5.60 Å². The Morgan fingerprint density at radius 2 is 2.04 bits per heavy atom. The molecule has 0 bridgehead atoms. The number of benzene rings is 2. The summed E-state index contributed by atoms with van der Waals surface area (Å²) < 4.78 is 1.12. The molecule has 1 aromatic heterocycles. The van der Waals surface area contributed by atoms with Crippen LogP contribution in [0.4, 0.5) is 0 Å². The highest BCUT2D eigenvalue weighted by atomic mass is 32.1. The first-order valence-corrected chi connectivity index (χ1v) is 9.59. The normalized spacial score (nSPS) is 19.7. The largest absolute Gasteiger partial charge is 0.386 e. The van der Waals surface area contributed by atoms with Crippen molar-refractivity contribution in [3.63, 3.8) is 0 Å². The zero-order chi connectivity index (χ0) is 18.6. The van der Waals surface area contributed by atoms with Gasteiger partial charge in [0.1, 0.15) is 0 Å². The van der Waals surface area contributed by atoms with E-state index in [0.29, 0.717) is 0 Å². The molecule has 3 N–H and O–H groups in total. The maximum absolute atomic E-state index is 11.3. The van der Waals surface area contributed by atoms with E-state index in [1.54, 1.807) is 25.2 Å². The Labute approximate surface area is 156 Å². The maximum atomic E-state index is 11.3. The highest BCUT2D eigenvalue weighted by molar-refractivity contribution is 7.18. The minimum absolute atomic E-state index is 0.0549. The number of hydrogen-bond acceptors (Lipinski definition) is 4. The number of carbonyl (C=O) groups excluding carboxylic acids is 1. The second-order valence-electron chi connectivity index (χ2n) is 7.67. The second-order valence-corrected chi connectivity index (χ2v) is 8.74. The quantitative estimate of drug-likeness (QED) is 0.730. The van der Waals surface area contributed by atoms with E-state index in [4.69, 9.17) is 10.7 Å². The number of amides is 1. The number of hydrogen-bond donors (Lipinski definition) is 2. The first-order valence-electron chi connectivity index (χ1n) is 8.78. The van der Waals surface area contributed by atoms with Crippen LogP contribution in [-0.4, -0.2) is 16.0 Å². The van der Waals surface area contributed by atoms with Gasteiger partial charge in [0.2, 0.25) is 5.91 Å². The smallest absolute Gasteiger partial charge is 0.221 e. The molecule has 2 aromatic carbocycles. The third-order valence-electron chi connectivity index (χ3n) is 5.13. The monoisotopic (exact) mass is 366 g/mol. The number of thiazole rings is 1. The van der Waals surface area contributed by atoms with Gasteiger partial charge < -0.3 is 10.8 Å². The van der Waals surface area contributed by atoms with Crippen molar-refractivity contribution in [1.29, 1.82) is 0 Å². The van der Waals surface area contributed by atoms with Crippen LogP contribution < -0.4 is 5.73 Å². The third-order valence-corrected chi connectivity index (χ3v) is 6.30. The Kier molecular flexibility index (Phi) is 3.90. The van der Waals surface area contributed by atoms with Crippen LogP contribution in [0.2, 0.25) is 0 Å². The van der Waals surface area contributed by atoms with Crippen molar-refractivity contribution >= 4 is 27.5 Å². The van der Waals surface area contributed by atoms with Gasteiger partial charge in [0, 0.05) is 11.8 Å². The number of primary amides is 1. The summed E-state index contributed by atoms with van der Waals surface area (Å²) in [6, 6.07) is 12.3. The molecule has 4 nitrogen and oxygen atoms in total. The molecule has 0 aliphatic heterocycles. The van der Waals surface area contributed by atoms with Crippen molar-refractivity contribution < 1.29 is 9.90 Å². The number of rotatable bonds is 4. The highest BCUT2D eigenvalue weighted by Crippen LogP contribution is 2.49. The van der Waals surface area contributed by atoms with E-state index in [9.17, 15) is 9.90 Å². The van der Waals surface area contributed by atoms with E-state index in [1.807, 2.05) is 18.2 Å². The van der Waals surface area contributed by atoms with Crippen molar-refractivity contribution in [3.8, 4) is 11.1 Å². The van der Waals surface area contributed by atoms with Crippen molar-refractivity contribution in [2.45, 2.75) is 38.7 Å². The molecule has 0 saturated heterocycles.